The van der Waals surface area contributed by atoms with E-state index in [1.807, 2.05) is 0 Å². The predicted octanol–water partition coefficient (Wildman–Crippen LogP) is 2.32. The van der Waals surface area contributed by atoms with Gasteiger partial charge in [-0.15, -0.1) is 0 Å². The topological polar surface area (TPSA) is 146 Å². The van der Waals surface area contributed by atoms with Gasteiger partial charge in [-0.1, -0.05) is 17.3 Å². The van der Waals surface area contributed by atoms with Crippen LogP contribution in [-0.4, -0.2) is 58.0 Å². The molecule has 2 heterocycles. The van der Waals surface area contributed by atoms with Crippen molar-refractivity contribution in [3.63, 3.8) is 0 Å². The third-order valence-electron chi connectivity index (χ3n) is 5.33. The summed E-state index contributed by atoms with van der Waals surface area (Å²) in [4.78, 5) is 13.0. The van der Waals surface area contributed by atoms with Crippen molar-refractivity contribution in [1.29, 1.82) is 0 Å². The first kappa shape index (κ1) is 22.7. The highest BCUT2D eigenvalue weighted by molar-refractivity contribution is 7.92. The average molecular weight is 477 g/mol. The number of nitrogens with two attached hydrogens (primary N) is 1. The van der Waals surface area contributed by atoms with Gasteiger partial charge in [0.05, 0.1) is 14.2 Å². The van der Waals surface area contributed by atoms with Gasteiger partial charge in [0.25, 0.3) is 10.0 Å². The van der Waals surface area contributed by atoms with E-state index in [2.05, 4.69) is 14.8 Å². The molecule has 3 aromatic rings. The van der Waals surface area contributed by atoms with Gasteiger partial charge in [0.1, 0.15) is 27.9 Å². The van der Waals surface area contributed by atoms with Gasteiger partial charge in [-0.25, -0.2) is 13.2 Å². The van der Waals surface area contributed by atoms with Crippen LogP contribution in [-0.2, 0) is 21.3 Å². The average Bonchev–Trinajstić information content (AvgIpc) is 3.39. The normalized spacial score (nSPS) is 16.6. The summed E-state index contributed by atoms with van der Waals surface area (Å²) in [7, 11) is -1.12. The molecular formula is C21H24N4O7S. The lowest BCUT2D eigenvalue weighted by Gasteiger charge is -2.16. The number of nitrogens with one attached hydrogen (secondary N) is 1. The van der Waals surface area contributed by atoms with Crippen molar-refractivity contribution in [1.82, 2.24) is 10.1 Å². The Morgan fingerprint density at radius 2 is 2.00 bits per heavy atom. The number of hydrogen-bond acceptors (Lipinski definition) is 9. The van der Waals surface area contributed by atoms with Gasteiger partial charge in [0.2, 0.25) is 0 Å². The van der Waals surface area contributed by atoms with Crippen LogP contribution in [0.25, 0.3) is 11.0 Å². The molecule has 3 N–H and O–H groups in total. The molecule has 2 aromatic carbocycles. The molecule has 1 amide bonds. The third-order valence-corrected chi connectivity index (χ3v) is 6.70. The number of hydrogen-bond donors (Lipinski definition) is 2. The lowest BCUT2D eigenvalue weighted by molar-refractivity contribution is 0.109. The number of fused-ring (bicyclic) bond motifs is 1. The smallest absolute Gasteiger partial charge is 0.404 e. The van der Waals surface area contributed by atoms with Crippen molar-refractivity contribution < 1.29 is 31.9 Å². The van der Waals surface area contributed by atoms with Gasteiger partial charge in [0.15, 0.2) is 11.4 Å². The molecule has 1 fully saturated rings. The highest BCUT2D eigenvalue weighted by Crippen LogP contribution is 2.36. The zero-order valence-electron chi connectivity index (χ0n) is 18.1. The predicted molar refractivity (Wildman–Crippen MR) is 119 cm³/mol. The number of sulfonamides is 1. The molecule has 33 heavy (non-hydrogen) atoms. The van der Waals surface area contributed by atoms with E-state index in [1.165, 1.54) is 20.3 Å². The summed E-state index contributed by atoms with van der Waals surface area (Å²) in [5.41, 5.74) is 6.34. The number of ether oxygens (including phenoxy) is 3. The first-order valence-corrected chi connectivity index (χ1v) is 11.6. The number of para-hydroxylation sites is 1. The quantitative estimate of drug-likeness (QED) is 0.500. The highest BCUT2D eigenvalue weighted by Gasteiger charge is 2.27. The number of nitrogens with zero attached hydrogens (tertiary/aromatic N) is 2. The molecule has 4 rings (SSSR count). The number of carbonyl (C=O) groups excluding carboxylic acids is 1. The molecule has 1 saturated heterocycles. The lowest BCUT2D eigenvalue weighted by Crippen LogP contribution is -2.26. The van der Waals surface area contributed by atoms with Crippen LogP contribution in [0.5, 0.6) is 11.5 Å². The molecule has 1 unspecified atom stereocenters. The summed E-state index contributed by atoms with van der Waals surface area (Å²) in [6.45, 7) is 1.84. The molecule has 12 heteroatoms. The SMILES string of the molecule is COc1ccccc1S(=O)(=O)Nc1noc2cc(CN3CCC(OC(N)=O)C3)cc(OC)c12. The van der Waals surface area contributed by atoms with Crippen LogP contribution in [0.3, 0.4) is 0 Å². The molecule has 1 aliphatic heterocycles. The van der Waals surface area contributed by atoms with E-state index in [0.29, 0.717) is 36.2 Å². The minimum atomic E-state index is -4.00. The van der Waals surface area contributed by atoms with Crippen molar-refractivity contribution in [3.8, 4) is 11.5 Å². The first-order chi connectivity index (χ1) is 15.8. The Kier molecular flexibility index (Phi) is 6.29. The molecule has 176 valence electrons. The number of aromatic nitrogens is 1. The highest BCUT2D eigenvalue weighted by atomic mass is 32.2. The molecule has 1 atom stereocenters. The Hall–Kier alpha value is -3.51. The second-order valence-corrected chi connectivity index (χ2v) is 9.19. The van der Waals surface area contributed by atoms with E-state index >= 15 is 0 Å². The molecule has 0 radical (unpaired) electrons. The third kappa shape index (κ3) is 4.81. The summed E-state index contributed by atoms with van der Waals surface area (Å²) in [6, 6.07) is 9.83. The van der Waals surface area contributed by atoms with E-state index in [1.54, 1.807) is 30.3 Å². The standard InChI is InChI=1S/C21H24N4O7S/c1-29-15-5-3-4-6-18(15)33(27,28)24-20-19-16(30-2)9-13(10-17(19)32-23-20)11-25-8-7-14(12-25)31-21(22)26/h3-6,9-10,14H,7-8,11-12H2,1-2H3,(H2,22,26)(H,23,24). The van der Waals surface area contributed by atoms with E-state index < -0.39 is 16.1 Å². The number of benzene rings is 2. The molecule has 1 aliphatic rings. The van der Waals surface area contributed by atoms with Gasteiger partial charge < -0.3 is 24.5 Å². The fraction of sp³-hybridized carbons (Fsp3) is 0.333. The second kappa shape index (κ2) is 9.16. The van der Waals surface area contributed by atoms with Crippen molar-refractivity contribution in [2.24, 2.45) is 5.73 Å². The van der Waals surface area contributed by atoms with E-state index in [9.17, 15) is 13.2 Å². The van der Waals surface area contributed by atoms with Crippen LogP contribution in [0.15, 0.2) is 45.8 Å². The number of likely N-dealkylation sites (tertiary alicyclic amines) is 1. The van der Waals surface area contributed by atoms with Crippen LogP contribution in [0.1, 0.15) is 12.0 Å². The van der Waals surface area contributed by atoms with Crippen LogP contribution in [0.4, 0.5) is 10.6 Å². The summed E-state index contributed by atoms with van der Waals surface area (Å²) in [5.74, 6) is 0.622. The number of carbonyl (C=O) groups is 1. The van der Waals surface area contributed by atoms with Crippen LogP contribution in [0, 0.1) is 0 Å². The Bertz CT molecular complexity index is 1270. The fourth-order valence-electron chi connectivity index (χ4n) is 3.89. The molecular weight excluding hydrogens is 452 g/mol. The summed E-state index contributed by atoms with van der Waals surface area (Å²) < 4.78 is 49.5. The number of methoxy groups -OCH3 is 2. The summed E-state index contributed by atoms with van der Waals surface area (Å²) in [5, 5.41) is 4.32. The van der Waals surface area contributed by atoms with E-state index in [0.717, 1.165) is 12.1 Å². The van der Waals surface area contributed by atoms with E-state index in [4.69, 9.17) is 24.5 Å². The number of anilines is 1. The van der Waals surface area contributed by atoms with Gasteiger partial charge in [0, 0.05) is 19.6 Å². The molecule has 11 nitrogen and oxygen atoms in total. The first-order valence-electron chi connectivity index (χ1n) is 10.1. The Morgan fingerprint density at radius 3 is 2.73 bits per heavy atom. The zero-order valence-corrected chi connectivity index (χ0v) is 18.9. The number of rotatable bonds is 8. The minimum Gasteiger partial charge on any atom is -0.496 e. The summed E-state index contributed by atoms with van der Waals surface area (Å²) >= 11 is 0. The Labute approximate surface area is 190 Å². The Balaban J connectivity index is 1.59. The van der Waals surface area contributed by atoms with Gasteiger partial charge in [-0.05, 0) is 36.2 Å². The van der Waals surface area contributed by atoms with Crippen LogP contribution >= 0.6 is 0 Å². The largest absolute Gasteiger partial charge is 0.496 e. The van der Waals surface area contributed by atoms with Crippen molar-refractivity contribution in [2.45, 2.75) is 24.0 Å². The van der Waals surface area contributed by atoms with Gasteiger partial charge in [-0.2, -0.15) is 0 Å². The number of amides is 1. The van der Waals surface area contributed by atoms with Gasteiger partial charge in [-0.3, -0.25) is 9.62 Å². The molecule has 1 aromatic heterocycles. The van der Waals surface area contributed by atoms with Crippen molar-refractivity contribution >= 4 is 32.9 Å². The fourth-order valence-corrected chi connectivity index (χ4v) is 5.07. The van der Waals surface area contributed by atoms with E-state index in [-0.39, 0.29) is 22.6 Å². The van der Waals surface area contributed by atoms with Crippen molar-refractivity contribution in [3.05, 3.63) is 42.0 Å². The molecule has 0 spiro atoms. The van der Waals surface area contributed by atoms with Crippen LogP contribution in [0.2, 0.25) is 0 Å². The molecule has 0 aliphatic carbocycles. The minimum absolute atomic E-state index is 0.00963. The molecule has 0 bridgehead atoms. The van der Waals surface area contributed by atoms with Crippen molar-refractivity contribution in [2.75, 3.05) is 32.0 Å². The second-order valence-electron chi connectivity index (χ2n) is 7.54. The maximum atomic E-state index is 13.0. The number of primary amides is 1. The molecule has 0 saturated carbocycles. The monoisotopic (exact) mass is 476 g/mol. The Morgan fingerprint density at radius 1 is 1.24 bits per heavy atom. The zero-order chi connectivity index (χ0) is 23.6. The lowest BCUT2D eigenvalue weighted by atomic mass is 10.1. The van der Waals surface area contributed by atoms with Crippen LogP contribution < -0.4 is 19.9 Å². The van der Waals surface area contributed by atoms with Gasteiger partial charge >= 0.3 is 6.09 Å². The maximum Gasteiger partial charge on any atom is 0.404 e. The summed E-state index contributed by atoms with van der Waals surface area (Å²) in [6.07, 6.45) is -0.330. The maximum absolute atomic E-state index is 13.0.